The predicted octanol–water partition coefficient (Wildman–Crippen LogP) is 3.43. The fourth-order valence-electron chi connectivity index (χ4n) is 1.77. The van der Waals surface area contributed by atoms with Gasteiger partial charge in [-0.05, 0) is 27.2 Å². The van der Waals surface area contributed by atoms with Gasteiger partial charge in [-0.25, -0.2) is 9.79 Å². The summed E-state index contributed by atoms with van der Waals surface area (Å²) in [6.45, 7) is 7.95. The van der Waals surface area contributed by atoms with Gasteiger partial charge in [0.1, 0.15) is 9.95 Å². The highest BCUT2D eigenvalue weighted by molar-refractivity contribution is 8.19. The number of hydrogen-bond donors (Lipinski definition) is 2. The maximum absolute atomic E-state index is 11.1. The third-order valence-corrected chi connectivity index (χ3v) is 4.06. The van der Waals surface area contributed by atoms with Crippen LogP contribution in [0.5, 0.6) is 0 Å². The first-order valence-electron chi connectivity index (χ1n) is 6.25. The van der Waals surface area contributed by atoms with Crippen molar-refractivity contribution in [3.63, 3.8) is 0 Å². The summed E-state index contributed by atoms with van der Waals surface area (Å²) in [6.07, 6.45) is 3.87. The van der Waals surface area contributed by atoms with Crippen molar-refractivity contribution < 1.29 is 9.90 Å². The number of carboxylic acids is 1. The number of thioether (sulfide) groups is 1. The summed E-state index contributed by atoms with van der Waals surface area (Å²) in [5.74, 6) is -1.00. The molecule has 1 rings (SSSR count). The molecular weight excluding hydrogens is 260 g/mol. The number of aliphatic carboxylic acids is 1. The Morgan fingerprint density at radius 2 is 2.11 bits per heavy atom. The lowest BCUT2D eigenvalue weighted by molar-refractivity contribution is -0.131. The molecule has 1 aliphatic heterocycles. The summed E-state index contributed by atoms with van der Waals surface area (Å²) in [6, 6.07) is 0. The van der Waals surface area contributed by atoms with Crippen LogP contribution in [0.3, 0.4) is 0 Å². The fraction of sp³-hybridized carbons (Fsp3) is 0.429. The summed E-state index contributed by atoms with van der Waals surface area (Å²) in [5.41, 5.74) is 9.02. The minimum absolute atomic E-state index is 0.160. The molecule has 0 spiro atoms. The monoisotopic (exact) mass is 280 g/mol. The molecule has 0 aromatic heterocycles. The lowest BCUT2D eigenvalue weighted by atomic mass is 10.1. The van der Waals surface area contributed by atoms with Gasteiger partial charge in [-0.1, -0.05) is 36.8 Å². The minimum atomic E-state index is -1.00. The van der Waals surface area contributed by atoms with E-state index in [2.05, 4.69) is 11.9 Å². The second kappa shape index (κ2) is 6.61. The molecule has 0 aromatic carbocycles. The van der Waals surface area contributed by atoms with Crippen LogP contribution in [-0.4, -0.2) is 16.1 Å². The van der Waals surface area contributed by atoms with E-state index in [1.54, 1.807) is 6.08 Å². The van der Waals surface area contributed by atoms with Crippen molar-refractivity contribution in [2.75, 3.05) is 0 Å². The van der Waals surface area contributed by atoms with E-state index in [-0.39, 0.29) is 4.91 Å². The molecule has 0 aromatic rings. The number of nitrogens with zero attached hydrogens (tertiary/aromatic N) is 1. The average molecular weight is 280 g/mol. The Morgan fingerprint density at radius 1 is 1.47 bits per heavy atom. The van der Waals surface area contributed by atoms with Gasteiger partial charge in [-0.15, -0.1) is 0 Å². The molecule has 0 amide bonds. The molecule has 0 bridgehead atoms. The van der Waals surface area contributed by atoms with Crippen molar-refractivity contribution in [3.05, 3.63) is 33.5 Å². The third-order valence-electron chi connectivity index (χ3n) is 2.96. The molecule has 104 valence electrons. The van der Waals surface area contributed by atoms with Crippen LogP contribution in [0.1, 0.15) is 40.5 Å². The van der Waals surface area contributed by atoms with Gasteiger partial charge in [-0.2, -0.15) is 0 Å². The molecule has 0 radical (unpaired) electrons. The molecule has 19 heavy (non-hydrogen) atoms. The topological polar surface area (TPSA) is 75.7 Å². The summed E-state index contributed by atoms with van der Waals surface area (Å²) in [7, 11) is 0. The van der Waals surface area contributed by atoms with Crippen LogP contribution in [0.25, 0.3) is 0 Å². The van der Waals surface area contributed by atoms with Crippen LogP contribution in [0.15, 0.2) is 38.5 Å². The van der Waals surface area contributed by atoms with E-state index in [9.17, 15) is 4.79 Å². The molecule has 0 aliphatic carbocycles. The number of carbonyl (C=O) groups is 1. The van der Waals surface area contributed by atoms with Crippen molar-refractivity contribution in [2.45, 2.75) is 40.5 Å². The SMILES string of the molecule is C\C=C1/C(N)=C(C(=O)O)S/C1=N\C(C)=C(/C)CCC. The first-order chi connectivity index (χ1) is 8.92. The molecule has 4 nitrogen and oxygen atoms in total. The third kappa shape index (κ3) is 3.50. The maximum Gasteiger partial charge on any atom is 0.344 e. The van der Waals surface area contributed by atoms with E-state index in [0.717, 1.165) is 30.3 Å². The van der Waals surface area contributed by atoms with Gasteiger partial charge in [0.25, 0.3) is 0 Å². The predicted molar refractivity (Wildman–Crippen MR) is 80.9 cm³/mol. The summed E-state index contributed by atoms with van der Waals surface area (Å²) in [4.78, 5) is 15.8. The van der Waals surface area contributed by atoms with Crippen LogP contribution in [-0.2, 0) is 4.79 Å². The molecule has 5 heteroatoms. The van der Waals surface area contributed by atoms with Crippen molar-refractivity contribution in [3.8, 4) is 0 Å². The number of hydrogen-bond acceptors (Lipinski definition) is 4. The maximum atomic E-state index is 11.1. The Kier molecular flexibility index (Phi) is 5.42. The number of allylic oxidation sites excluding steroid dienone is 4. The van der Waals surface area contributed by atoms with Gasteiger partial charge in [-0.3, -0.25) is 0 Å². The first kappa shape index (κ1) is 15.6. The van der Waals surface area contributed by atoms with Crippen molar-refractivity contribution >= 4 is 22.8 Å². The van der Waals surface area contributed by atoms with Crippen molar-refractivity contribution in [1.29, 1.82) is 0 Å². The zero-order valence-electron chi connectivity index (χ0n) is 11.8. The van der Waals surface area contributed by atoms with Gasteiger partial charge < -0.3 is 10.8 Å². The first-order valence-corrected chi connectivity index (χ1v) is 7.07. The normalized spacial score (nSPS) is 21.3. The molecule has 0 unspecified atom stereocenters. The van der Waals surface area contributed by atoms with E-state index >= 15 is 0 Å². The second-order valence-electron chi connectivity index (χ2n) is 4.39. The zero-order valence-corrected chi connectivity index (χ0v) is 12.6. The average Bonchev–Trinajstić information content (AvgIpc) is 2.66. The lowest BCUT2D eigenvalue weighted by Gasteiger charge is -2.04. The molecule has 3 N–H and O–H groups in total. The van der Waals surface area contributed by atoms with Gasteiger partial charge in [0.15, 0.2) is 0 Å². The van der Waals surface area contributed by atoms with Gasteiger partial charge in [0.05, 0.1) is 5.70 Å². The molecule has 0 atom stereocenters. The van der Waals surface area contributed by atoms with Crippen LogP contribution >= 0.6 is 11.8 Å². The van der Waals surface area contributed by atoms with Crippen molar-refractivity contribution in [1.82, 2.24) is 0 Å². The highest BCUT2D eigenvalue weighted by Gasteiger charge is 2.28. The van der Waals surface area contributed by atoms with E-state index in [0.29, 0.717) is 16.3 Å². The molecule has 0 saturated heterocycles. The van der Waals surface area contributed by atoms with Crippen LogP contribution in [0.4, 0.5) is 0 Å². The smallest absolute Gasteiger partial charge is 0.344 e. The Labute approximate surface area is 118 Å². The Hall–Kier alpha value is -1.49. The van der Waals surface area contributed by atoms with E-state index in [4.69, 9.17) is 10.8 Å². The zero-order chi connectivity index (χ0) is 14.6. The molecule has 0 fully saturated rings. The molecule has 0 saturated carbocycles. The molecular formula is C14H20N2O2S. The number of nitrogens with two attached hydrogens (primary N) is 1. The highest BCUT2D eigenvalue weighted by Crippen LogP contribution is 2.36. The van der Waals surface area contributed by atoms with E-state index in [1.807, 2.05) is 20.8 Å². The Morgan fingerprint density at radius 3 is 2.58 bits per heavy atom. The minimum Gasteiger partial charge on any atom is -0.477 e. The summed E-state index contributed by atoms with van der Waals surface area (Å²) in [5, 5.41) is 9.76. The van der Waals surface area contributed by atoms with Crippen LogP contribution < -0.4 is 5.73 Å². The number of carboxylic acid groups (broad SMARTS) is 1. The highest BCUT2D eigenvalue weighted by atomic mass is 32.2. The standard InChI is InChI=1S/C14H20N2O2S/c1-5-7-8(3)9(4)16-13-10(6-2)11(15)12(19-13)14(17)18/h6H,5,7,15H2,1-4H3,(H,17,18)/b9-8+,10-6+,16-13-. The number of aliphatic imine (C=N–C) groups is 1. The largest absolute Gasteiger partial charge is 0.477 e. The summed E-state index contributed by atoms with van der Waals surface area (Å²) < 4.78 is 0. The quantitative estimate of drug-likeness (QED) is 0.827. The van der Waals surface area contributed by atoms with Crippen molar-refractivity contribution in [2.24, 2.45) is 10.7 Å². The van der Waals surface area contributed by atoms with Gasteiger partial charge in [0, 0.05) is 11.3 Å². The van der Waals surface area contributed by atoms with E-state index < -0.39 is 5.97 Å². The number of rotatable bonds is 4. The Balaban J connectivity index is 3.13. The lowest BCUT2D eigenvalue weighted by Crippen LogP contribution is -2.05. The van der Waals surface area contributed by atoms with Crippen LogP contribution in [0, 0.1) is 0 Å². The molecule has 1 heterocycles. The summed E-state index contributed by atoms with van der Waals surface area (Å²) >= 11 is 1.13. The van der Waals surface area contributed by atoms with Crippen LogP contribution in [0.2, 0.25) is 0 Å². The molecule has 1 aliphatic rings. The van der Waals surface area contributed by atoms with Gasteiger partial charge in [0.2, 0.25) is 0 Å². The van der Waals surface area contributed by atoms with Gasteiger partial charge >= 0.3 is 5.97 Å². The second-order valence-corrected chi connectivity index (χ2v) is 5.38. The fourth-order valence-corrected chi connectivity index (χ4v) is 2.79. The van der Waals surface area contributed by atoms with E-state index in [1.165, 1.54) is 5.57 Å². The Bertz CT molecular complexity index is 514.